The highest BCUT2D eigenvalue weighted by atomic mass is 79.9. The van der Waals surface area contributed by atoms with Gasteiger partial charge in [-0.25, -0.2) is 18.3 Å². The summed E-state index contributed by atoms with van der Waals surface area (Å²) in [5, 5.41) is 0. The van der Waals surface area contributed by atoms with Gasteiger partial charge in [-0.3, -0.25) is 0 Å². The molecule has 0 radical (unpaired) electrons. The Labute approximate surface area is 168 Å². The van der Waals surface area contributed by atoms with Gasteiger partial charge in [0.1, 0.15) is 24.8 Å². The van der Waals surface area contributed by atoms with Gasteiger partial charge in [-0.15, -0.1) is 0 Å². The molecule has 0 saturated heterocycles. The second-order valence-electron chi connectivity index (χ2n) is 6.46. The Bertz CT molecular complexity index is 488. The number of unbranched alkanes of at least 4 members (excludes halogenated alkanes) is 7. The van der Waals surface area contributed by atoms with Gasteiger partial charge in [0, 0.05) is 0 Å². The van der Waals surface area contributed by atoms with Gasteiger partial charge in [0.05, 0.1) is 27.2 Å². The van der Waals surface area contributed by atoms with Crippen molar-refractivity contribution in [2.24, 2.45) is 14.1 Å². The number of imidazole rings is 2. The molecule has 0 amide bonds. The van der Waals surface area contributed by atoms with Crippen molar-refractivity contribution in [1.29, 1.82) is 0 Å². The molecule has 138 valence electrons. The zero-order chi connectivity index (χ0) is 15.6. The van der Waals surface area contributed by atoms with E-state index in [9.17, 15) is 0 Å². The summed E-state index contributed by atoms with van der Waals surface area (Å²) in [6.07, 6.45) is 23.8. The fourth-order valence-electron chi connectivity index (χ4n) is 2.92. The van der Waals surface area contributed by atoms with Crippen molar-refractivity contribution in [3.63, 3.8) is 0 Å². The van der Waals surface area contributed by atoms with Crippen LogP contribution in [0.25, 0.3) is 0 Å². The van der Waals surface area contributed by atoms with E-state index in [-0.39, 0.29) is 34.0 Å². The van der Waals surface area contributed by atoms with Crippen molar-refractivity contribution >= 4 is 0 Å². The highest BCUT2D eigenvalue weighted by molar-refractivity contribution is 4.62. The molecule has 0 saturated carbocycles. The smallest absolute Gasteiger partial charge is 0.243 e. The third kappa shape index (κ3) is 9.62. The molecule has 0 aliphatic carbocycles. The van der Waals surface area contributed by atoms with Crippen LogP contribution in [0, 0.1) is 0 Å². The minimum absolute atomic E-state index is 0. The summed E-state index contributed by atoms with van der Waals surface area (Å²) >= 11 is 0. The fraction of sp³-hybridized carbons (Fsp3) is 0.667. The lowest BCUT2D eigenvalue weighted by Crippen LogP contribution is -3.00. The molecule has 0 bridgehead atoms. The van der Waals surface area contributed by atoms with Crippen molar-refractivity contribution < 1.29 is 43.1 Å². The standard InChI is InChI=1S/C18H32N4.2BrH/c1-19-13-15-21(17-19)11-9-7-5-3-4-6-8-10-12-22-16-14-20(2)18-22;;/h13-18H,3-12H2,1-2H3;2*1H/q+2;;/p-2. The van der Waals surface area contributed by atoms with Crippen molar-refractivity contribution in [1.82, 2.24) is 9.13 Å². The molecular weight excluding hydrogens is 432 g/mol. The summed E-state index contributed by atoms with van der Waals surface area (Å²) in [7, 11) is 4.15. The van der Waals surface area contributed by atoms with Crippen molar-refractivity contribution in [3.8, 4) is 0 Å². The van der Waals surface area contributed by atoms with Crippen LogP contribution in [0.2, 0.25) is 0 Å². The Morgan fingerprint density at radius 2 is 0.917 bits per heavy atom. The van der Waals surface area contributed by atoms with E-state index in [2.05, 4.69) is 69.8 Å². The summed E-state index contributed by atoms with van der Waals surface area (Å²) in [5.41, 5.74) is 0. The highest BCUT2D eigenvalue weighted by Gasteiger charge is 2.00. The van der Waals surface area contributed by atoms with Gasteiger partial charge in [-0.2, -0.15) is 0 Å². The maximum atomic E-state index is 2.28. The predicted molar refractivity (Wildman–Crippen MR) is 88.2 cm³/mol. The topological polar surface area (TPSA) is 17.6 Å². The average molecular weight is 464 g/mol. The van der Waals surface area contributed by atoms with Crippen LogP contribution in [-0.2, 0) is 27.2 Å². The molecular formula is C18H32Br2N4. The van der Waals surface area contributed by atoms with Crippen LogP contribution >= 0.6 is 0 Å². The maximum Gasteiger partial charge on any atom is 0.243 e. The average Bonchev–Trinajstić information content (AvgIpc) is 3.09. The van der Waals surface area contributed by atoms with Crippen LogP contribution in [0.5, 0.6) is 0 Å². The molecule has 0 unspecified atom stereocenters. The van der Waals surface area contributed by atoms with Gasteiger partial charge >= 0.3 is 0 Å². The predicted octanol–water partition coefficient (Wildman–Crippen LogP) is -3.23. The molecule has 0 aliphatic heterocycles. The fourth-order valence-corrected chi connectivity index (χ4v) is 2.92. The second-order valence-corrected chi connectivity index (χ2v) is 6.46. The molecule has 2 rings (SSSR count). The number of halogens is 2. The number of aromatic nitrogens is 4. The van der Waals surface area contributed by atoms with E-state index in [0.717, 1.165) is 13.1 Å². The van der Waals surface area contributed by atoms with E-state index >= 15 is 0 Å². The molecule has 2 heterocycles. The highest BCUT2D eigenvalue weighted by Crippen LogP contribution is 2.08. The first-order valence-electron chi connectivity index (χ1n) is 8.76. The number of hydrogen-bond donors (Lipinski definition) is 0. The Balaban J connectivity index is 0.00000264. The number of aryl methyl sites for hydroxylation is 4. The zero-order valence-electron chi connectivity index (χ0n) is 15.1. The van der Waals surface area contributed by atoms with E-state index < -0.39 is 0 Å². The zero-order valence-corrected chi connectivity index (χ0v) is 18.3. The molecule has 2 aromatic rings. The summed E-state index contributed by atoms with van der Waals surface area (Å²) in [5.74, 6) is 0. The van der Waals surface area contributed by atoms with E-state index in [4.69, 9.17) is 0 Å². The molecule has 0 fully saturated rings. The first kappa shape index (κ1) is 23.4. The van der Waals surface area contributed by atoms with Crippen LogP contribution in [0.15, 0.2) is 37.4 Å². The second kappa shape index (κ2) is 13.6. The molecule has 6 heteroatoms. The van der Waals surface area contributed by atoms with Crippen molar-refractivity contribution in [3.05, 3.63) is 37.4 Å². The Morgan fingerprint density at radius 1 is 0.583 bits per heavy atom. The Morgan fingerprint density at radius 3 is 1.21 bits per heavy atom. The number of hydrogen-bond acceptors (Lipinski definition) is 0. The first-order valence-corrected chi connectivity index (χ1v) is 8.76. The summed E-state index contributed by atoms with van der Waals surface area (Å²) in [6.45, 7) is 2.32. The third-order valence-electron chi connectivity index (χ3n) is 4.23. The molecule has 0 aliphatic rings. The van der Waals surface area contributed by atoms with Gasteiger partial charge in [-0.05, 0) is 25.7 Å². The number of rotatable bonds is 11. The van der Waals surface area contributed by atoms with Crippen LogP contribution in [-0.4, -0.2) is 9.13 Å². The lowest BCUT2D eigenvalue weighted by Gasteiger charge is -2.01. The summed E-state index contributed by atoms with van der Waals surface area (Å²) in [4.78, 5) is 0. The molecule has 2 aromatic heterocycles. The van der Waals surface area contributed by atoms with Crippen LogP contribution < -0.4 is 43.1 Å². The number of nitrogens with zero attached hydrogens (tertiary/aromatic N) is 4. The van der Waals surface area contributed by atoms with Gasteiger partial charge in [0.2, 0.25) is 12.7 Å². The van der Waals surface area contributed by atoms with E-state index in [0.29, 0.717) is 0 Å². The normalized spacial score (nSPS) is 10.2. The molecule has 24 heavy (non-hydrogen) atoms. The lowest BCUT2D eigenvalue weighted by atomic mass is 10.1. The SMILES string of the molecule is Cn1cc[n+](CCCCCCCCCC[n+]2ccn(C)c2)c1.[Br-].[Br-]. The Kier molecular flexibility index (Phi) is 13.3. The molecule has 4 nitrogen and oxygen atoms in total. The molecule has 0 atom stereocenters. The van der Waals surface area contributed by atoms with E-state index in [1.165, 1.54) is 51.4 Å². The van der Waals surface area contributed by atoms with E-state index in [1.54, 1.807) is 0 Å². The molecule has 0 aromatic carbocycles. The monoisotopic (exact) mass is 462 g/mol. The minimum Gasteiger partial charge on any atom is -1.00 e. The minimum atomic E-state index is 0. The largest absolute Gasteiger partial charge is 1.00 e. The quantitative estimate of drug-likeness (QED) is 0.246. The third-order valence-corrected chi connectivity index (χ3v) is 4.23. The van der Waals surface area contributed by atoms with Gasteiger partial charge < -0.3 is 34.0 Å². The summed E-state index contributed by atoms with van der Waals surface area (Å²) < 4.78 is 8.77. The van der Waals surface area contributed by atoms with Crippen LogP contribution in [0.3, 0.4) is 0 Å². The lowest BCUT2D eigenvalue weighted by molar-refractivity contribution is -0.697. The van der Waals surface area contributed by atoms with Crippen molar-refractivity contribution in [2.75, 3.05) is 0 Å². The Hall–Kier alpha value is -0.620. The van der Waals surface area contributed by atoms with Crippen LogP contribution in [0.4, 0.5) is 0 Å². The van der Waals surface area contributed by atoms with E-state index in [1.807, 2.05) is 0 Å². The summed E-state index contributed by atoms with van der Waals surface area (Å²) in [6, 6.07) is 0. The maximum absolute atomic E-state index is 2.28. The van der Waals surface area contributed by atoms with Crippen LogP contribution in [0.1, 0.15) is 51.4 Å². The van der Waals surface area contributed by atoms with Gasteiger partial charge in [0.25, 0.3) is 0 Å². The van der Waals surface area contributed by atoms with Crippen molar-refractivity contribution in [2.45, 2.75) is 64.5 Å². The molecule has 0 spiro atoms. The van der Waals surface area contributed by atoms with Gasteiger partial charge in [-0.1, -0.05) is 25.7 Å². The first-order chi connectivity index (χ1) is 10.7. The molecule has 0 N–H and O–H groups in total. The van der Waals surface area contributed by atoms with Gasteiger partial charge in [0.15, 0.2) is 0 Å².